The molecular formula is C18H12F6N2OS. The van der Waals surface area contributed by atoms with Gasteiger partial charge in [0.15, 0.2) is 5.76 Å². The molecule has 2 aromatic heterocycles. The van der Waals surface area contributed by atoms with E-state index in [4.69, 9.17) is 4.52 Å². The molecule has 0 aliphatic carbocycles. The van der Waals surface area contributed by atoms with Gasteiger partial charge in [0, 0.05) is 22.7 Å². The van der Waals surface area contributed by atoms with Crippen LogP contribution in [0.15, 0.2) is 52.0 Å². The molecule has 10 heteroatoms. The van der Waals surface area contributed by atoms with Crippen molar-refractivity contribution in [2.75, 3.05) is 5.75 Å². The largest absolute Gasteiger partial charge is 0.416 e. The van der Waals surface area contributed by atoms with E-state index < -0.39 is 23.5 Å². The Hall–Kier alpha value is -2.49. The number of alkyl halides is 6. The quantitative estimate of drug-likeness (QED) is 0.356. The molecule has 2 heterocycles. The maximum absolute atomic E-state index is 13.0. The Bertz CT molecular complexity index is 948. The second-order valence-corrected chi connectivity index (χ2v) is 6.96. The van der Waals surface area contributed by atoms with Gasteiger partial charge in [0.1, 0.15) is 11.4 Å². The molecule has 0 saturated carbocycles. The summed E-state index contributed by atoms with van der Waals surface area (Å²) in [5, 5.41) is 3.65. The molecule has 0 spiro atoms. The molecule has 3 aromatic rings. The van der Waals surface area contributed by atoms with Crippen LogP contribution in [0.25, 0.3) is 22.7 Å². The SMILES string of the molecule is CCSc1cccnc1-c1cc(-c2cc(C(F)(F)F)cc(C(F)(F)F)c2)no1. The van der Waals surface area contributed by atoms with Crippen molar-refractivity contribution in [3.8, 4) is 22.7 Å². The van der Waals surface area contributed by atoms with Crippen LogP contribution in [0, 0.1) is 0 Å². The van der Waals surface area contributed by atoms with E-state index in [1.54, 1.807) is 12.1 Å². The zero-order chi connectivity index (χ0) is 20.5. The van der Waals surface area contributed by atoms with Crippen molar-refractivity contribution in [2.24, 2.45) is 0 Å². The average molecular weight is 418 g/mol. The van der Waals surface area contributed by atoms with Gasteiger partial charge in [-0.1, -0.05) is 12.1 Å². The Balaban J connectivity index is 2.09. The van der Waals surface area contributed by atoms with Crippen LogP contribution in [0.1, 0.15) is 18.1 Å². The molecule has 0 aliphatic heterocycles. The monoisotopic (exact) mass is 418 g/mol. The van der Waals surface area contributed by atoms with Gasteiger partial charge < -0.3 is 4.52 Å². The van der Waals surface area contributed by atoms with Crippen LogP contribution in [-0.2, 0) is 12.4 Å². The van der Waals surface area contributed by atoms with E-state index in [1.165, 1.54) is 24.0 Å². The molecule has 0 N–H and O–H groups in total. The zero-order valence-corrected chi connectivity index (χ0v) is 15.0. The predicted octanol–water partition coefficient (Wildman–Crippen LogP) is 6.55. The van der Waals surface area contributed by atoms with Crippen LogP contribution < -0.4 is 0 Å². The molecule has 28 heavy (non-hydrogen) atoms. The topological polar surface area (TPSA) is 38.9 Å². The minimum absolute atomic E-state index is 0.0687. The number of thioether (sulfide) groups is 1. The van der Waals surface area contributed by atoms with Crippen LogP contribution in [0.2, 0.25) is 0 Å². The maximum Gasteiger partial charge on any atom is 0.416 e. The van der Waals surface area contributed by atoms with Gasteiger partial charge in [-0.2, -0.15) is 26.3 Å². The smallest absolute Gasteiger partial charge is 0.354 e. The molecule has 0 fully saturated rings. The van der Waals surface area contributed by atoms with Crippen LogP contribution in [-0.4, -0.2) is 15.9 Å². The van der Waals surface area contributed by atoms with Crippen LogP contribution in [0.4, 0.5) is 26.3 Å². The summed E-state index contributed by atoms with van der Waals surface area (Å²) in [5.74, 6) is 0.889. The summed E-state index contributed by atoms with van der Waals surface area (Å²) in [6, 6.07) is 6.05. The van der Waals surface area contributed by atoms with E-state index in [9.17, 15) is 26.3 Å². The molecule has 0 unspecified atom stereocenters. The van der Waals surface area contributed by atoms with Crippen molar-refractivity contribution in [2.45, 2.75) is 24.2 Å². The standard InChI is InChI=1S/C18H12F6N2OS/c1-2-28-15-4-3-5-25-16(15)14-9-13(26-27-14)10-6-11(17(19,20)21)8-12(7-10)18(22,23)24/h3-9H,2H2,1H3. The van der Waals surface area contributed by atoms with E-state index in [-0.39, 0.29) is 23.1 Å². The van der Waals surface area contributed by atoms with Crippen molar-refractivity contribution in [1.82, 2.24) is 10.1 Å². The van der Waals surface area contributed by atoms with E-state index >= 15 is 0 Å². The molecule has 0 saturated heterocycles. The number of rotatable bonds is 4. The Morgan fingerprint density at radius 3 is 2.18 bits per heavy atom. The first kappa shape index (κ1) is 20.2. The van der Waals surface area contributed by atoms with Crippen molar-refractivity contribution >= 4 is 11.8 Å². The lowest BCUT2D eigenvalue weighted by Crippen LogP contribution is -2.11. The number of hydrogen-bond acceptors (Lipinski definition) is 4. The Labute approximate surface area is 159 Å². The third kappa shape index (κ3) is 4.32. The summed E-state index contributed by atoms with van der Waals surface area (Å²) < 4.78 is 83.4. The molecule has 3 rings (SSSR count). The lowest BCUT2D eigenvalue weighted by atomic mass is 10.0. The first-order chi connectivity index (χ1) is 13.1. The van der Waals surface area contributed by atoms with Gasteiger partial charge in [-0.05, 0) is 36.1 Å². The van der Waals surface area contributed by atoms with Crippen molar-refractivity contribution in [1.29, 1.82) is 0 Å². The highest BCUT2D eigenvalue weighted by Gasteiger charge is 2.37. The third-order valence-corrected chi connectivity index (χ3v) is 4.63. The molecule has 0 radical (unpaired) electrons. The predicted molar refractivity (Wildman–Crippen MR) is 91.6 cm³/mol. The van der Waals surface area contributed by atoms with Crippen molar-refractivity contribution in [3.05, 3.63) is 53.7 Å². The first-order valence-corrected chi connectivity index (χ1v) is 8.93. The van der Waals surface area contributed by atoms with E-state index in [2.05, 4.69) is 10.1 Å². The number of nitrogens with zero attached hydrogens (tertiary/aromatic N) is 2. The fourth-order valence-corrected chi connectivity index (χ4v) is 3.25. The number of pyridine rings is 1. The highest BCUT2D eigenvalue weighted by Crippen LogP contribution is 2.39. The molecule has 0 aliphatic rings. The van der Waals surface area contributed by atoms with Crippen LogP contribution in [0.3, 0.4) is 0 Å². The minimum Gasteiger partial charge on any atom is -0.354 e. The molecule has 0 atom stereocenters. The summed E-state index contributed by atoms with van der Waals surface area (Å²) in [6.07, 6.45) is -8.37. The normalized spacial score (nSPS) is 12.4. The molecule has 148 valence electrons. The summed E-state index contributed by atoms with van der Waals surface area (Å²) in [4.78, 5) is 4.93. The highest BCUT2D eigenvalue weighted by atomic mass is 32.2. The van der Waals surface area contributed by atoms with Crippen LogP contribution in [0.5, 0.6) is 0 Å². The average Bonchev–Trinajstić information content (AvgIpc) is 3.10. The second kappa shape index (κ2) is 7.50. The van der Waals surface area contributed by atoms with E-state index in [0.29, 0.717) is 17.8 Å². The lowest BCUT2D eigenvalue weighted by Gasteiger charge is -2.13. The number of hydrogen-bond donors (Lipinski definition) is 0. The van der Waals surface area contributed by atoms with Gasteiger partial charge in [0.05, 0.1) is 11.1 Å². The second-order valence-electron chi connectivity index (χ2n) is 5.65. The van der Waals surface area contributed by atoms with Gasteiger partial charge in [0.25, 0.3) is 0 Å². The molecule has 0 bridgehead atoms. The summed E-state index contributed by atoms with van der Waals surface area (Å²) >= 11 is 1.47. The van der Waals surface area contributed by atoms with Gasteiger partial charge in [-0.15, -0.1) is 11.8 Å². The Kier molecular flexibility index (Phi) is 5.42. The van der Waals surface area contributed by atoms with Crippen molar-refractivity contribution in [3.63, 3.8) is 0 Å². The van der Waals surface area contributed by atoms with Gasteiger partial charge in [-0.3, -0.25) is 4.98 Å². The Morgan fingerprint density at radius 1 is 0.964 bits per heavy atom. The van der Waals surface area contributed by atoms with E-state index in [1.807, 2.05) is 6.92 Å². The minimum atomic E-state index is -4.94. The van der Waals surface area contributed by atoms with Crippen LogP contribution >= 0.6 is 11.8 Å². The number of benzene rings is 1. The fraction of sp³-hybridized carbons (Fsp3) is 0.222. The van der Waals surface area contributed by atoms with Crippen molar-refractivity contribution < 1.29 is 30.9 Å². The summed E-state index contributed by atoms with van der Waals surface area (Å²) in [6.45, 7) is 1.93. The lowest BCUT2D eigenvalue weighted by molar-refractivity contribution is -0.143. The maximum atomic E-state index is 13.0. The highest BCUT2D eigenvalue weighted by molar-refractivity contribution is 7.99. The third-order valence-electron chi connectivity index (χ3n) is 3.70. The number of aromatic nitrogens is 2. The number of halogens is 6. The van der Waals surface area contributed by atoms with Gasteiger partial charge >= 0.3 is 12.4 Å². The van der Waals surface area contributed by atoms with Gasteiger partial charge in [0.2, 0.25) is 0 Å². The Morgan fingerprint density at radius 2 is 1.61 bits per heavy atom. The molecule has 1 aromatic carbocycles. The molecule has 3 nitrogen and oxygen atoms in total. The fourth-order valence-electron chi connectivity index (χ4n) is 2.47. The molecule has 0 amide bonds. The summed E-state index contributed by atoms with van der Waals surface area (Å²) in [7, 11) is 0. The molecular weight excluding hydrogens is 406 g/mol. The zero-order valence-electron chi connectivity index (χ0n) is 14.2. The summed E-state index contributed by atoms with van der Waals surface area (Å²) in [5.41, 5.74) is -2.91. The van der Waals surface area contributed by atoms with E-state index in [0.717, 1.165) is 10.6 Å². The van der Waals surface area contributed by atoms with Gasteiger partial charge in [-0.25, -0.2) is 0 Å². The first-order valence-electron chi connectivity index (χ1n) is 7.94.